The minimum Gasteiger partial charge on any atom is -0.341 e. The Morgan fingerprint density at radius 3 is 2.43 bits per heavy atom. The number of carbonyl (C=O) groups excluding carboxylic acids is 1. The molecule has 3 heterocycles. The van der Waals surface area contributed by atoms with Crippen molar-refractivity contribution in [2.45, 2.75) is 11.1 Å². The van der Waals surface area contributed by atoms with Crippen LogP contribution in [0.1, 0.15) is 5.69 Å². The monoisotopic (exact) mass is 443 g/mol. The van der Waals surface area contributed by atoms with E-state index in [0.717, 1.165) is 11.2 Å². The van der Waals surface area contributed by atoms with Gasteiger partial charge in [-0.3, -0.25) is 4.90 Å². The third-order valence-corrected chi connectivity index (χ3v) is 5.35. The second-order valence-electron chi connectivity index (χ2n) is 6.33. The van der Waals surface area contributed by atoms with Crippen LogP contribution in [0.4, 0.5) is 23.8 Å². The van der Waals surface area contributed by atoms with E-state index in [1.807, 2.05) is 0 Å². The number of aryl methyl sites for hydroxylation is 1. The van der Waals surface area contributed by atoms with Gasteiger partial charge in [0.05, 0.1) is 4.90 Å². The molecule has 14 heteroatoms. The minimum atomic E-state index is -4.72. The molecule has 0 atom stereocenters. The molecule has 10 nitrogen and oxygen atoms in total. The van der Waals surface area contributed by atoms with Gasteiger partial charge in [-0.15, -0.1) is 10.2 Å². The first-order valence-electron chi connectivity index (χ1n) is 8.29. The molecule has 160 valence electrons. The zero-order chi connectivity index (χ0) is 22.4. The average molecular weight is 443 g/mol. The lowest BCUT2D eigenvalue weighted by Gasteiger charge is -2.17. The predicted octanol–water partition coefficient (Wildman–Crippen LogP) is 1.62. The van der Waals surface area contributed by atoms with Crippen molar-refractivity contribution in [2.75, 3.05) is 25.3 Å². The molecule has 0 aromatic carbocycles. The van der Waals surface area contributed by atoms with Crippen molar-refractivity contribution in [3.8, 4) is 11.5 Å². The van der Waals surface area contributed by atoms with Gasteiger partial charge in [0.25, 0.3) is 0 Å². The van der Waals surface area contributed by atoms with Crippen LogP contribution in [0.25, 0.3) is 22.7 Å². The number of halogens is 3. The normalized spacial score (nSPS) is 12.2. The summed E-state index contributed by atoms with van der Waals surface area (Å²) in [4.78, 5) is 21.2. The highest BCUT2D eigenvalue weighted by Crippen LogP contribution is 2.32. The van der Waals surface area contributed by atoms with Crippen LogP contribution in [0.15, 0.2) is 23.1 Å². The van der Waals surface area contributed by atoms with Crippen LogP contribution in [0.2, 0.25) is 0 Å². The van der Waals surface area contributed by atoms with Crippen LogP contribution >= 0.6 is 0 Å². The Morgan fingerprint density at radius 2 is 1.87 bits per heavy atom. The summed E-state index contributed by atoms with van der Waals surface area (Å²) in [5, 5.41) is 9.13. The molecule has 0 aliphatic heterocycles. The number of sulfone groups is 1. The fourth-order valence-electron chi connectivity index (χ4n) is 2.69. The smallest absolute Gasteiger partial charge is 0.341 e. The van der Waals surface area contributed by atoms with Crippen molar-refractivity contribution < 1.29 is 26.4 Å². The fourth-order valence-corrected chi connectivity index (χ4v) is 3.49. The van der Waals surface area contributed by atoms with Gasteiger partial charge in [0.2, 0.25) is 0 Å². The molecule has 0 saturated carbocycles. The first kappa shape index (κ1) is 21.4. The highest BCUT2D eigenvalue weighted by molar-refractivity contribution is 7.90. The molecule has 3 aromatic rings. The zero-order valence-corrected chi connectivity index (χ0v) is 17.0. The maximum atomic E-state index is 12.9. The molecule has 1 N–H and O–H groups in total. The molecule has 3 rings (SSSR count). The largest absolute Gasteiger partial charge is 0.435 e. The van der Waals surface area contributed by atoms with Gasteiger partial charge in [0, 0.05) is 33.5 Å². The van der Waals surface area contributed by atoms with Gasteiger partial charge in [-0.2, -0.15) is 13.2 Å². The van der Waals surface area contributed by atoms with Crippen LogP contribution in [0, 0.1) is 0 Å². The van der Waals surface area contributed by atoms with Gasteiger partial charge in [0.15, 0.2) is 27.0 Å². The van der Waals surface area contributed by atoms with Gasteiger partial charge < -0.3 is 9.88 Å². The number of anilines is 1. The minimum absolute atomic E-state index is 0.00399. The topological polar surface area (TPSA) is 123 Å². The summed E-state index contributed by atoms with van der Waals surface area (Å²) < 4.78 is 64.6. The van der Waals surface area contributed by atoms with Gasteiger partial charge in [-0.1, -0.05) is 0 Å². The third-order valence-electron chi connectivity index (χ3n) is 4.22. The number of rotatable bonds is 3. The molecule has 2 amide bonds. The van der Waals surface area contributed by atoms with Crippen LogP contribution in [-0.4, -0.2) is 59.5 Å². The Morgan fingerprint density at radius 1 is 1.20 bits per heavy atom. The fraction of sp³-hybridized carbons (Fsp3) is 0.312. The predicted molar refractivity (Wildman–Crippen MR) is 101 cm³/mol. The van der Waals surface area contributed by atoms with Gasteiger partial charge in [0.1, 0.15) is 17.0 Å². The number of carbonyl (C=O) groups is 1. The SMILES string of the molecule is CNC(=O)N(C)c1ccc(S(C)(=O)=O)c(-c2nc3cc(C(F)(F)F)nnc3n2C)n1. The van der Waals surface area contributed by atoms with Crippen molar-refractivity contribution >= 4 is 32.9 Å². The number of nitrogens with zero attached hydrogens (tertiary/aromatic N) is 6. The van der Waals surface area contributed by atoms with Crippen molar-refractivity contribution in [1.29, 1.82) is 0 Å². The van der Waals surface area contributed by atoms with E-state index >= 15 is 0 Å². The lowest BCUT2D eigenvalue weighted by Crippen LogP contribution is -2.35. The van der Waals surface area contributed by atoms with Gasteiger partial charge in [-0.25, -0.2) is 23.2 Å². The summed E-state index contributed by atoms with van der Waals surface area (Å²) in [5.41, 5.74) is -1.51. The molecule has 0 fully saturated rings. The summed E-state index contributed by atoms with van der Waals surface area (Å²) in [5.74, 6) is 0.0528. The van der Waals surface area contributed by atoms with Gasteiger partial charge in [-0.05, 0) is 12.1 Å². The third kappa shape index (κ3) is 3.77. The summed E-state index contributed by atoms with van der Waals surface area (Å²) in [7, 11) is 0.481. The molecule has 0 unspecified atom stereocenters. The Labute approximate surface area is 168 Å². The molecular formula is C16H16F3N7O3S. The highest BCUT2D eigenvalue weighted by atomic mass is 32.2. The summed E-state index contributed by atoms with van der Waals surface area (Å²) in [6.45, 7) is 0. The Balaban J connectivity index is 2.28. The zero-order valence-electron chi connectivity index (χ0n) is 16.2. The first-order valence-corrected chi connectivity index (χ1v) is 10.2. The molecule has 3 aromatic heterocycles. The molecule has 0 saturated heterocycles. The number of fused-ring (bicyclic) bond motifs is 1. The van der Waals surface area contributed by atoms with E-state index in [-0.39, 0.29) is 33.4 Å². The molecule has 0 aliphatic carbocycles. The molecule has 0 radical (unpaired) electrons. The standard InChI is InChI=1S/C16H16F3N7O3S/c1-20-15(27)25(2)11-6-5-9(30(4,28)29)12(22-11)14-21-8-7-10(16(17,18)19)23-24-13(8)26(14)3/h5-7H,1-4H3,(H,20,27). The summed E-state index contributed by atoms with van der Waals surface area (Å²) in [6.07, 6.45) is -3.76. The van der Waals surface area contributed by atoms with E-state index in [9.17, 15) is 26.4 Å². The van der Waals surface area contributed by atoms with E-state index in [2.05, 4.69) is 25.5 Å². The molecular weight excluding hydrogens is 427 g/mol. The van der Waals surface area contributed by atoms with E-state index in [0.29, 0.717) is 6.07 Å². The second kappa shape index (κ2) is 7.19. The number of pyridine rings is 1. The van der Waals surface area contributed by atoms with Crippen molar-refractivity contribution in [3.63, 3.8) is 0 Å². The number of hydrogen-bond donors (Lipinski definition) is 1. The van der Waals surface area contributed by atoms with Crippen molar-refractivity contribution in [3.05, 3.63) is 23.9 Å². The van der Waals surface area contributed by atoms with Crippen LogP contribution in [-0.2, 0) is 23.1 Å². The highest BCUT2D eigenvalue weighted by Gasteiger charge is 2.34. The van der Waals surface area contributed by atoms with Crippen LogP contribution < -0.4 is 10.2 Å². The average Bonchev–Trinajstić information content (AvgIpc) is 3.01. The number of alkyl halides is 3. The van der Waals surface area contributed by atoms with E-state index < -0.39 is 27.7 Å². The van der Waals surface area contributed by atoms with Crippen LogP contribution in [0.3, 0.4) is 0 Å². The Kier molecular flexibility index (Phi) is 5.14. The number of hydrogen-bond acceptors (Lipinski definition) is 7. The number of nitrogens with one attached hydrogen (secondary N) is 1. The lowest BCUT2D eigenvalue weighted by molar-refractivity contribution is -0.141. The van der Waals surface area contributed by atoms with Gasteiger partial charge >= 0.3 is 12.2 Å². The van der Waals surface area contributed by atoms with Crippen LogP contribution in [0.5, 0.6) is 0 Å². The van der Waals surface area contributed by atoms with E-state index in [4.69, 9.17) is 0 Å². The maximum Gasteiger partial charge on any atom is 0.435 e. The maximum absolute atomic E-state index is 12.9. The van der Waals surface area contributed by atoms with Crippen molar-refractivity contribution in [2.24, 2.45) is 7.05 Å². The second-order valence-corrected chi connectivity index (χ2v) is 8.32. The number of imidazole rings is 1. The van der Waals surface area contributed by atoms with E-state index in [1.165, 1.54) is 37.8 Å². The molecule has 0 aliphatic rings. The Hall–Kier alpha value is -3.29. The quantitative estimate of drug-likeness (QED) is 0.653. The molecule has 0 bridgehead atoms. The summed E-state index contributed by atoms with van der Waals surface area (Å²) in [6, 6.07) is 2.79. The lowest BCUT2D eigenvalue weighted by atomic mass is 10.3. The first-order chi connectivity index (χ1) is 13.8. The molecule has 30 heavy (non-hydrogen) atoms. The number of amides is 2. The van der Waals surface area contributed by atoms with Crippen molar-refractivity contribution in [1.82, 2.24) is 30.0 Å². The molecule has 0 spiro atoms. The Bertz CT molecular complexity index is 1250. The summed E-state index contributed by atoms with van der Waals surface area (Å²) >= 11 is 0. The number of urea groups is 1. The van der Waals surface area contributed by atoms with E-state index in [1.54, 1.807) is 0 Å². The number of aromatic nitrogens is 5.